The summed E-state index contributed by atoms with van der Waals surface area (Å²) in [6, 6.07) is 2.43. The van der Waals surface area contributed by atoms with Gasteiger partial charge in [0.1, 0.15) is 17.5 Å². The monoisotopic (exact) mass is 249 g/mol. The zero-order valence-corrected chi connectivity index (χ0v) is 11.6. The Balaban J connectivity index is 2.27. The molecular weight excluding hydrogens is 226 g/mol. The summed E-state index contributed by atoms with van der Waals surface area (Å²) in [6.45, 7) is 6.43. The molecule has 100 valence electrons. The van der Waals surface area contributed by atoms with E-state index in [0.29, 0.717) is 17.8 Å². The molecule has 5 nitrogen and oxygen atoms in total. The van der Waals surface area contributed by atoms with Crippen molar-refractivity contribution in [3.8, 4) is 0 Å². The standard InChI is InChI=1S/C13H23N5/c1-8(2)13-15-11(17-14)7-12(16-13)18(4)9(3)10-5-6-10/h7-10H,5-6,14H2,1-4H3,(H,15,16,17). The molecule has 1 aliphatic carbocycles. The normalized spacial score (nSPS) is 16.8. The van der Waals surface area contributed by atoms with Crippen LogP contribution in [0.15, 0.2) is 6.07 Å². The average Bonchev–Trinajstić information content (AvgIpc) is 3.20. The maximum atomic E-state index is 5.48. The van der Waals surface area contributed by atoms with Gasteiger partial charge in [-0.2, -0.15) is 0 Å². The number of nitrogens with two attached hydrogens (primary N) is 1. The maximum Gasteiger partial charge on any atom is 0.145 e. The lowest BCUT2D eigenvalue weighted by Crippen LogP contribution is -2.31. The number of hydrogen-bond acceptors (Lipinski definition) is 5. The van der Waals surface area contributed by atoms with Gasteiger partial charge in [-0.1, -0.05) is 13.8 Å². The van der Waals surface area contributed by atoms with Crippen LogP contribution in [0.25, 0.3) is 0 Å². The number of aromatic nitrogens is 2. The number of rotatable bonds is 5. The molecule has 18 heavy (non-hydrogen) atoms. The number of nitrogens with zero attached hydrogens (tertiary/aromatic N) is 3. The van der Waals surface area contributed by atoms with E-state index in [1.165, 1.54) is 12.8 Å². The van der Waals surface area contributed by atoms with Gasteiger partial charge in [0.15, 0.2) is 0 Å². The highest BCUT2D eigenvalue weighted by Crippen LogP contribution is 2.36. The van der Waals surface area contributed by atoms with Crippen LogP contribution in [0.3, 0.4) is 0 Å². The van der Waals surface area contributed by atoms with Crippen LogP contribution < -0.4 is 16.2 Å². The molecule has 1 fully saturated rings. The third kappa shape index (κ3) is 2.72. The van der Waals surface area contributed by atoms with E-state index in [0.717, 1.165) is 17.6 Å². The molecule has 0 aromatic carbocycles. The molecule has 0 bridgehead atoms. The largest absolute Gasteiger partial charge is 0.357 e. The summed E-state index contributed by atoms with van der Waals surface area (Å²) in [6.07, 6.45) is 2.66. The van der Waals surface area contributed by atoms with Gasteiger partial charge in [-0.25, -0.2) is 15.8 Å². The molecule has 1 heterocycles. The first-order valence-electron chi connectivity index (χ1n) is 6.61. The molecule has 3 N–H and O–H groups in total. The SMILES string of the molecule is CC(C)c1nc(NN)cc(N(C)C(C)C2CC2)n1. The highest BCUT2D eigenvalue weighted by Gasteiger charge is 2.31. The van der Waals surface area contributed by atoms with Crippen molar-refractivity contribution >= 4 is 11.6 Å². The molecule has 0 saturated heterocycles. The molecule has 1 aliphatic rings. The van der Waals surface area contributed by atoms with Crippen LogP contribution in [0.5, 0.6) is 0 Å². The number of anilines is 2. The summed E-state index contributed by atoms with van der Waals surface area (Å²) < 4.78 is 0. The van der Waals surface area contributed by atoms with Crippen molar-refractivity contribution in [2.24, 2.45) is 11.8 Å². The summed E-state index contributed by atoms with van der Waals surface area (Å²) in [4.78, 5) is 11.2. The van der Waals surface area contributed by atoms with Gasteiger partial charge in [-0.3, -0.25) is 0 Å². The van der Waals surface area contributed by atoms with E-state index in [4.69, 9.17) is 5.84 Å². The molecule has 0 spiro atoms. The van der Waals surface area contributed by atoms with Crippen LogP contribution in [0.1, 0.15) is 45.4 Å². The highest BCUT2D eigenvalue weighted by atomic mass is 15.3. The van der Waals surface area contributed by atoms with Gasteiger partial charge in [-0.05, 0) is 25.7 Å². The molecule has 0 aliphatic heterocycles. The summed E-state index contributed by atoms with van der Waals surface area (Å²) in [7, 11) is 2.09. The van der Waals surface area contributed by atoms with E-state index in [-0.39, 0.29) is 0 Å². The lowest BCUT2D eigenvalue weighted by molar-refractivity contribution is 0.600. The lowest BCUT2D eigenvalue weighted by Gasteiger charge is -2.26. The van der Waals surface area contributed by atoms with Crippen LogP contribution in [0.4, 0.5) is 11.6 Å². The number of hydrazine groups is 1. The van der Waals surface area contributed by atoms with Crippen molar-refractivity contribution in [2.45, 2.75) is 45.6 Å². The highest BCUT2D eigenvalue weighted by molar-refractivity contribution is 5.49. The molecule has 1 aromatic heterocycles. The van der Waals surface area contributed by atoms with Gasteiger partial charge in [0.25, 0.3) is 0 Å². The quantitative estimate of drug-likeness (QED) is 0.618. The first kappa shape index (κ1) is 13.1. The minimum absolute atomic E-state index is 0.293. The van der Waals surface area contributed by atoms with E-state index in [9.17, 15) is 0 Å². The predicted octanol–water partition coefficient (Wildman–Crippen LogP) is 2.12. The van der Waals surface area contributed by atoms with Crippen molar-refractivity contribution in [3.05, 3.63) is 11.9 Å². The first-order chi connectivity index (χ1) is 8.52. The molecule has 2 rings (SSSR count). The van der Waals surface area contributed by atoms with Crippen molar-refractivity contribution < 1.29 is 0 Å². The summed E-state index contributed by atoms with van der Waals surface area (Å²) >= 11 is 0. The van der Waals surface area contributed by atoms with Gasteiger partial charge in [0.05, 0.1) is 0 Å². The first-order valence-corrected chi connectivity index (χ1v) is 6.61. The smallest absolute Gasteiger partial charge is 0.145 e. The Hall–Kier alpha value is -1.36. The second kappa shape index (κ2) is 5.10. The average molecular weight is 249 g/mol. The van der Waals surface area contributed by atoms with Crippen molar-refractivity contribution in [1.82, 2.24) is 9.97 Å². The van der Waals surface area contributed by atoms with Crippen LogP contribution in [-0.2, 0) is 0 Å². The second-order valence-corrected chi connectivity index (χ2v) is 5.46. The third-order valence-corrected chi connectivity index (χ3v) is 3.67. The van der Waals surface area contributed by atoms with Gasteiger partial charge in [0, 0.05) is 25.1 Å². The maximum absolute atomic E-state index is 5.48. The Labute approximate surface area is 109 Å². The number of nitrogens with one attached hydrogen (secondary N) is 1. The number of hydrogen-bond donors (Lipinski definition) is 2. The molecule has 0 amide bonds. The molecule has 5 heteroatoms. The Bertz CT molecular complexity index is 414. The van der Waals surface area contributed by atoms with Crippen molar-refractivity contribution in [1.29, 1.82) is 0 Å². The predicted molar refractivity (Wildman–Crippen MR) is 74.5 cm³/mol. The Kier molecular flexibility index (Phi) is 3.71. The lowest BCUT2D eigenvalue weighted by atomic mass is 10.2. The van der Waals surface area contributed by atoms with Crippen molar-refractivity contribution in [2.75, 3.05) is 17.4 Å². The summed E-state index contributed by atoms with van der Waals surface area (Å²) in [5, 5.41) is 0. The van der Waals surface area contributed by atoms with E-state index < -0.39 is 0 Å². The third-order valence-electron chi connectivity index (χ3n) is 3.67. The fourth-order valence-corrected chi connectivity index (χ4v) is 2.07. The van der Waals surface area contributed by atoms with E-state index in [2.05, 4.69) is 48.1 Å². The van der Waals surface area contributed by atoms with Crippen LogP contribution in [0.2, 0.25) is 0 Å². The molecule has 0 radical (unpaired) electrons. The Morgan fingerprint density at radius 2 is 2.00 bits per heavy atom. The second-order valence-electron chi connectivity index (χ2n) is 5.46. The zero-order valence-electron chi connectivity index (χ0n) is 11.6. The van der Waals surface area contributed by atoms with Gasteiger partial charge in [-0.15, -0.1) is 0 Å². The fraction of sp³-hybridized carbons (Fsp3) is 0.692. The topological polar surface area (TPSA) is 67.1 Å². The van der Waals surface area contributed by atoms with Crippen LogP contribution in [0, 0.1) is 5.92 Å². The molecule has 1 aromatic rings. The van der Waals surface area contributed by atoms with Gasteiger partial charge >= 0.3 is 0 Å². The van der Waals surface area contributed by atoms with E-state index >= 15 is 0 Å². The molecular formula is C13H23N5. The minimum Gasteiger partial charge on any atom is -0.357 e. The van der Waals surface area contributed by atoms with Crippen LogP contribution in [-0.4, -0.2) is 23.1 Å². The van der Waals surface area contributed by atoms with Gasteiger partial charge in [0.2, 0.25) is 0 Å². The summed E-state index contributed by atoms with van der Waals surface area (Å²) in [5.74, 6) is 9.03. The minimum atomic E-state index is 0.293. The Morgan fingerprint density at radius 1 is 1.33 bits per heavy atom. The summed E-state index contributed by atoms with van der Waals surface area (Å²) in [5.41, 5.74) is 2.62. The van der Waals surface area contributed by atoms with Crippen molar-refractivity contribution in [3.63, 3.8) is 0 Å². The zero-order chi connectivity index (χ0) is 13.3. The fourth-order valence-electron chi connectivity index (χ4n) is 2.07. The molecule has 1 saturated carbocycles. The molecule has 1 unspecified atom stereocenters. The van der Waals surface area contributed by atoms with Crippen LogP contribution >= 0.6 is 0 Å². The van der Waals surface area contributed by atoms with E-state index in [1.807, 2.05) is 6.07 Å². The van der Waals surface area contributed by atoms with E-state index in [1.54, 1.807) is 0 Å². The molecule has 1 atom stereocenters. The Morgan fingerprint density at radius 3 is 2.50 bits per heavy atom. The number of nitrogen functional groups attached to an aromatic ring is 1. The van der Waals surface area contributed by atoms with Gasteiger partial charge < -0.3 is 10.3 Å².